The van der Waals surface area contributed by atoms with Crippen molar-refractivity contribution in [2.45, 2.75) is 195 Å². The molecule has 0 bridgehead atoms. The van der Waals surface area contributed by atoms with E-state index in [-0.39, 0.29) is 12.7 Å². The molecule has 0 saturated carbocycles. The lowest BCUT2D eigenvalue weighted by molar-refractivity contribution is 0.0110. The molecule has 0 aliphatic heterocycles. The minimum atomic E-state index is -0.523. The van der Waals surface area contributed by atoms with Crippen LogP contribution in [0.15, 0.2) is 0 Å². The third-order valence-corrected chi connectivity index (χ3v) is 9.76. The van der Waals surface area contributed by atoms with E-state index in [9.17, 15) is 9.90 Å². The summed E-state index contributed by atoms with van der Waals surface area (Å²) in [4.78, 5) is 17.4. The summed E-state index contributed by atoms with van der Waals surface area (Å²) < 4.78 is 11.4. The van der Waals surface area contributed by atoms with Gasteiger partial charge in [-0.2, -0.15) is 0 Å². The fourth-order valence-corrected chi connectivity index (χ4v) is 6.57. The van der Waals surface area contributed by atoms with Crippen molar-refractivity contribution < 1.29 is 19.4 Å². The summed E-state index contributed by atoms with van der Waals surface area (Å²) in [5.74, 6) is 0.913. The van der Waals surface area contributed by atoms with Crippen LogP contribution in [0.3, 0.4) is 0 Å². The molecule has 0 aliphatic rings. The van der Waals surface area contributed by atoms with Crippen molar-refractivity contribution in [3.05, 3.63) is 0 Å². The van der Waals surface area contributed by atoms with E-state index in [1.807, 2.05) is 0 Å². The zero-order chi connectivity index (χ0) is 33.9. The summed E-state index contributed by atoms with van der Waals surface area (Å²) in [7, 11) is 0. The quantitative estimate of drug-likeness (QED) is 0.0536. The largest absolute Gasteiger partial charge is 0.508 e. The second-order valence-corrected chi connectivity index (χ2v) is 14.0. The summed E-state index contributed by atoms with van der Waals surface area (Å²) in [6, 6.07) is 0. The molecule has 0 fully saturated rings. The van der Waals surface area contributed by atoms with Crippen LogP contribution in [0.4, 0.5) is 4.79 Å². The Hall–Kier alpha value is -0.850. The van der Waals surface area contributed by atoms with Crippen LogP contribution in [-0.2, 0) is 9.47 Å². The molecule has 6 nitrogen and oxygen atoms in total. The highest BCUT2D eigenvalue weighted by Gasteiger charge is 2.16. The number of nitrogens with zero attached hydrogens (tertiary/aromatic N) is 2. The summed E-state index contributed by atoms with van der Waals surface area (Å²) in [6.45, 7) is 17.0. The number of rotatable bonds is 36. The van der Waals surface area contributed by atoms with Gasteiger partial charge in [0.25, 0.3) is 0 Å². The van der Waals surface area contributed by atoms with E-state index in [1.165, 1.54) is 128 Å². The van der Waals surface area contributed by atoms with Crippen LogP contribution in [0.25, 0.3) is 0 Å². The van der Waals surface area contributed by atoms with Gasteiger partial charge in [-0.05, 0) is 51.1 Å². The molecule has 0 saturated heterocycles. The number of hydrogen-bond acceptors (Lipinski definition) is 6. The number of aliphatic hydroxyl groups excluding tert-OH is 1. The smallest absolute Gasteiger partial charge is 0.433 e. The summed E-state index contributed by atoms with van der Waals surface area (Å²) in [6.07, 6.45) is 30.0. The monoisotopic (exact) mass is 655 g/mol. The number of carbonyl (C=O) groups excluding carboxylic acids is 1. The predicted molar refractivity (Wildman–Crippen MR) is 199 cm³/mol. The SMILES string of the molecule is CCCCCCCCCC(CCCCCC)OC(=O)OCCN(CCO)CCN(CC)CCCCC(CCCCC)CCCCC. The van der Waals surface area contributed by atoms with E-state index in [1.54, 1.807) is 0 Å². The first-order valence-corrected chi connectivity index (χ1v) is 20.4. The third-order valence-electron chi connectivity index (χ3n) is 9.76. The second kappa shape index (κ2) is 35.5. The van der Waals surface area contributed by atoms with Gasteiger partial charge in [-0.25, -0.2) is 4.79 Å². The maximum atomic E-state index is 12.6. The molecule has 276 valence electrons. The lowest BCUT2D eigenvalue weighted by Crippen LogP contribution is -2.39. The lowest BCUT2D eigenvalue weighted by Gasteiger charge is -2.27. The average molecular weight is 655 g/mol. The Morgan fingerprint density at radius 2 is 0.978 bits per heavy atom. The predicted octanol–water partition coefficient (Wildman–Crippen LogP) is 11.2. The number of hydrogen-bond donors (Lipinski definition) is 1. The highest BCUT2D eigenvalue weighted by atomic mass is 16.7. The molecule has 6 heteroatoms. The first kappa shape index (κ1) is 45.2. The minimum absolute atomic E-state index is 0.0328. The van der Waals surface area contributed by atoms with Gasteiger partial charge in [0.1, 0.15) is 12.7 Å². The van der Waals surface area contributed by atoms with Gasteiger partial charge in [0, 0.05) is 26.2 Å². The van der Waals surface area contributed by atoms with E-state index < -0.39 is 6.16 Å². The number of unbranched alkanes of at least 4 members (excludes halogenated alkanes) is 14. The molecule has 46 heavy (non-hydrogen) atoms. The van der Waals surface area contributed by atoms with E-state index in [0.29, 0.717) is 19.7 Å². The lowest BCUT2D eigenvalue weighted by atomic mass is 9.90. The number of ether oxygens (including phenoxy) is 2. The van der Waals surface area contributed by atoms with Gasteiger partial charge >= 0.3 is 6.16 Å². The normalized spacial score (nSPS) is 12.5. The Kier molecular flexibility index (Phi) is 34.8. The third kappa shape index (κ3) is 29.3. The van der Waals surface area contributed by atoms with Crippen LogP contribution in [0.2, 0.25) is 0 Å². The van der Waals surface area contributed by atoms with Crippen LogP contribution in [0.1, 0.15) is 189 Å². The van der Waals surface area contributed by atoms with Gasteiger partial charge in [-0.3, -0.25) is 4.90 Å². The van der Waals surface area contributed by atoms with E-state index in [0.717, 1.165) is 57.8 Å². The molecule has 0 aromatic heterocycles. The molecule has 0 radical (unpaired) electrons. The zero-order valence-electron chi connectivity index (χ0n) is 31.8. The van der Waals surface area contributed by atoms with Crippen molar-refractivity contribution >= 4 is 6.16 Å². The molecule has 0 spiro atoms. The second-order valence-electron chi connectivity index (χ2n) is 14.0. The summed E-state index contributed by atoms with van der Waals surface area (Å²) >= 11 is 0. The Balaban J connectivity index is 4.50. The van der Waals surface area contributed by atoms with Crippen LogP contribution < -0.4 is 0 Å². The van der Waals surface area contributed by atoms with E-state index in [4.69, 9.17) is 9.47 Å². The first-order chi connectivity index (χ1) is 22.5. The molecule has 0 amide bonds. The molecule has 1 unspecified atom stereocenters. The molecule has 0 aromatic carbocycles. The number of aliphatic hydroxyl groups is 1. The van der Waals surface area contributed by atoms with Crippen LogP contribution in [-0.4, -0.2) is 79.6 Å². The van der Waals surface area contributed by atoms with Crippen LogP contribution >= 0.6 is 0 Å². The standard InChI is InChI=1S/C40H82N2O4/c1-6-11-15-17-18-19-23-30-39(29-22-16-12-7-2)46-40(44)45-37-35-42(34-36-43)33-32-41(10-5)31-25-24-28-38(26-20-13-8-3)27-21-14-9-4/h38-39,43H,6-37H2,1-5H3. The molecule has 1 atom stereocenters. The maximum Gasteiger partial charge on any atom is 0.508 e. The maximum absolute atomic E-state index is 12.6. The number of carbonyl (C=O) groups is 1. The highest BCUT2D eigenvalue weighted by molar-refractivity contribution is 5.60. The van der Waals surface area contributed by atoms with Gasteiger partial charge < -0.3 is 19.5 Å². The Bertz CT molecular complexity index is 610. The van der Waals surface area contributed by atoms with Crippen molar-refractivity contribution in [2.75, 3.05) is 52.5 Å². The van der Waals surface area contributed by atoms with Gasteiger partial charge in [0.15, 0.2) is 0 Å². The van der Waals surface area contributed by atoms with Crippen LogP contribution in [0, 0.1) is 5.92 Å². The van der Waals surface area contributed by atoms with Gasteiger partial charge in [0.2, 0.25) is 0 Å². The highest BCUT2D eigenvalue weighted by Crippen LogP contribution is 2.23. The fraction of sp³-hybridized carbons (Fsp3) is 0.975. The molecule has 0 rings (SSSR count). The van der Waals surface area contributed by atoms with E-state index >= 15 is 0 Å². The van der Waals surface area contributed by atoms with Crippen molar-refractivity contribution in [3.8, 4) is 0 Å². The van der Waals surface area contributed by atoms with Crippen LogP contribution in [0.5, 0.6) is 0 Å². The Morgan fingerprint density at radius 1 is 0.522 bits per heavy atom. The van der Waals surface area contributed by atoms with Gasteiger partial charge in [0.05, 0.1) is 6.61 Å². The van der Waals surface area contributed by atoms with Crippen molar-refractivity contribution in [1.82, 2.24) is 9.80 Å². The number of likely N-dealkylation sites (N-methyl/N-ethyl adjacent to an activating group) is 1. The molecule has 0 heterocycles. The topological polar surface area (TPSA) is 62.2 Å². The molecule has 0 aromatic rings. The molecular weight excluding hydrogens is 572 g/mol. The average Bonchev–Trinajstić information content (AvgIpc) is 3.05. The van der Waals surface area contributed by atoms with Crippen molar-refractivity contribution in [1.29, 1.82) is 0 Å². The Morgan fingerprint density at radius 3 is 1.52 bits per heavy atom. The van der Waals surface area contributed by atoms with Crippen molar-refractivity contribution in [2.24, 2.45) is 5.92 Å². The minimum Gasteiger partial charge on any atom is -0.433 e. The summed E-state index contributed by atoms with van der Waals surface area (Å²) in [5.41, 5.74) is 0. The fourth-order valence-electron chi connectivity index (χ4n) is 6.57. The van der Waals surface area contributed by atoms with E-state index in [2.05, 4.69) is 44.4 Å². The molecule has 1 N–H and O–H groups in total. The first-order valence-electron chi connectivity index (χ1n) is 20.4. The van der Waals surface area contributed by atoms with Gasteiger partial charge in [-0.15, -0.1) is 0 Å². The zero-order valence-corrected chi connectivity index (χ0v) is 31.8. The van der Waals surface area contributed by atoms with Gasteiger partial charge in [-0.1, -0.05) is 157 Å². The Labute approximate surface area is 288 Å². The molecule has 0 aliphatic carbocycles. The summed E-state index contributed by atoms with van der Waals surface area (Å²) in [5, 5.41) is 9.66. The van der Waals surface area contributed by atoms with Crippen molar-refractivity contribution in [3.63, 3.8) is 0 Å². The molecular formula is C40H82N2O4.